The molecule has 0 radical (unpaired) electrons. The van der Waals surface area contributed by atoms with Crippen molar-refractivity contribution in [2.24, 2.45) is 0 Å². The summed E-state index contributed by atoms with van der Waals surface area (Å²) in [6, 6.07) is 19.3. The van der Waals surface area contributed by atoms with Gasteiger partial charge in [-0.15, -0.1) is 0 Å². The molecule has 0 spiro atoms. The number of carbonyl (C=O) groups excluding carboxylic acids is 1. The van der Waals surface area contributed by atoms with Crippen molar-refractivity contribution in [1.82, 2.24) is 5.32 Å². The molecular formula is C19H21NO. The average molecular weight is 279 g/mol. The summed E-state index contributed by atoms with van der Waals surface area (Å²) < 4.78 is 0. The van der Waals surface area contributed by atoms with Crippen molar-refractivity contribution in [3.63, 3.8) is 0 Å². The summed E-state index contributed by atoms with van der Waals surface area (Å²) in [7, 11) is 0. The van der Waals surface area contributed by atoms with Crippen LogP contribution in [-0.4, -0.2) is 11.9 Å². The zero-order valence-electron chi connectivity index (χ0n) is 12.6. The number of carbonyl (C=O) groups is 1. The minimum atomic E-state index is -0.0962. The lowest BCUT2D eigenvalue weighted by atomic mass is 9.75. The van der Waals surface area contributed by atoms with Gasteiger partial charge in [-0.2, -0.15) is 0 Å². The topological polar surface area (TPSA) is 29.1 Å². The van der Waals surface area contributed by atoms with Crippen LogP contribution in [0.25, 0.3) is 11.1 Å². The minimum absolute atomic E-state index is 0.0962. The van der Waals surface area contributed by atoms with Crippen LogP contribution in [0, 0.1) is 0 Å². The third-order valence-corrected chi connectivity index (χ3v) is 4.69. The van der Waals surface area contributed by atoms with E-state index >= 15 is 0 Å². The summed E-state index contributed by atoms with van der Waals surface area (Å²) in [5.74, 6) is 0.163. The summed E-state index contributed by atoms with van der Waals surface area (Å²) >= 11 is 0. The number of rotatable bonds is 3. The molecule has 2 nitrogen and oxygen atoms in total. The van der Waals surface area contributed by atoms with Gasteiger partial charge < -0.3 is 5.32 Å². The third-order valence-electron chi connectivity index (χ3n) is 4.69. The first-order chi connectivity index (χ1) is 10.1. The largest absolute Gasteiger partial charge is 0.352 e. The van der Waals surface area contributed by atoms with E-state index in [9.17, 15) is 4.79 Å². The van der Waals surface area contributed by atoms with Gasteiger partial charge in [0.2, 0.25) is 5.91 Å². The monoisotopic (exact) mass is 279 g/mol. The van der Waals surface area contributed by atoms with Crippen molar-refractivity contribution in [3.8, 4) is 11.1 Å². The third kappa shape index (κ3) is 2.46. The van der Waals surface area contributed by atoms with Gasteiger partial charge in [0.25, 0.3) is 0 Å². The van der Waals surface area contributed by atoms with Crippen LogP contribution in [0.3, 0.4) is 0 Å². The van der Waals surface area contributed by atoms with Crippen LogP contribution in [0.2, 0.25) is 0 Å². The Labute approximate surface area is 126 Å². The van der Waals surface area contributed by atoms with Gasteiger partial charge in [0, 0.05) is 17.9 Å². The van der Waals surface area contributed by atoms with Crippen molar-refractivity contribution in [2.45, 2.75) is 38.1 Å². The Morgan fingerprint density at radius 1 is 1.05 bits per heavy atom. The first kappa shape index (κ1) is 13.9. The molecule has 1 N–H and O–H groups in total. The average Bonchev–Trinajstić information content (AvgIpc) is 2.83. The van der Waals surface area contributed by atoms with E-state index in [0.29, 0.717) is 6.42 Å². The molecule has 1 aliphatic rings. The van der Waals surface area contributed by atoms with Crippen LogP contribution >= 0.6 is 0 Å². The highest BCUT2D eigenvalue weighted by Crippen LogP contribution is 2.37. The van der Waals surface area contributed by atoms with Gasteiger partial charge in [-0.3, -0.25) is 4.79 Å². The maximum absolute atomic E-state index is 11.8. The Morgan fingerprint density at radius 3 is 2.29 bits per heavy atom. The fourth-order valence-corrected chi connectivity index (χ4v) is 3.39. The van der Waals surface area contributed by atoms with Crippen molar-refractivity contribution >= 4 is 5.91 Å². The molecule has 0 aromatic heterocycles. The van der Waals surface area contributed by atoms with E-state index in [1.54, 1.807) is 0 Å². The zero-order chi connectivity index (χ0) is 14.9. The first-order valence-corrected chi connectivity index (χ1v) is 7.59. The summed E-state index contributed by atoms with van der Waals surface area (Å²) in [4.78, 5) is 11.8. The normalized spacial score (nSPS) is 24.9. The minimum Gasteiger partial charge on any atom is -0.352 e. The summed E-state index contributed by atoms with van der Waals surface area (Å²) in [5, 5.41) is 3.10. The van der Waals surface area contributed by atoms with Crippen LogP contribution in [0.4, 0.5) is 0 Å². The van der Waals surface area contributed by atoms with Crippen molar-refractivity contribution in [2.75, 3.05) is 0 Å². The van der Waals surface area contributed by atoms with Gasteiger partial charge in [-0.1, -0.05) is 68.4 Å². The molecule has 3 rings (SSSR count). The lowest BCUT2D eigenvalue weighted by Gasteiger charge is -2.30. The number of nitrogens with one attached hydrogen (secondary N) is 1. The summed E-state index contributed by atoms with van der Waals surface area (Å²) in [5.41, 5.74) is 3.59. The molecule has 1 heterocycles. The molecule has 2 atom stereocenters. The number of hydrogen-bond acceptors (Lipinski definition) is 1. The fourth-order valence-electron chi connectivity index (χ4n) is 3.39. The Kier molecular flexibility index (Phi) is 3.54. The highest BCUT2D eigenvalue weighted by Gasteiger charge is 2.43. The van der Waals surface area contributed by atoms with E-state index in [0.717, 1.165) is 6.42 Å². The SMILES string of the molecule is CCC1NC(=O)CC1(C)c1ccc(-c2ccccc2)cc1. The second-order valence-electron chi connectivity index (χ2n) is 6.07. The highest BCUT2D eigenvalue weighted by atomic mass is 16.2. The van der Waals surface area contributed by atoms with E-state index in [-0.39, 0.29) is 17.4 Å². The molecule has 1 amide bonds. The predicted molar refractivity (Wildman–Crippen MR) is 86.1 cm³/mol. The highest BCUT2D eigenvalue weighted by molar-refractivity contribution is 5.81. The van der Waals surface area contributed by atoms with Crippen LogP contribution in [0.15, 0.2) is 54.6 Å². The fraction of sp³-hybridized carbons (Fsp3) is 0.316. The molecule has 108 valence electrons. The number of amides is 1. The second-order valence-corrected chi connectivity index (χ2v) is 6.07. The van der Waals surface area contributed by atoms with Gasteiger partial charge in [0.15, 0.2) is 0 Å². The van der Waals surface area contributed by atoms with Crippen LogP contribution < -0.4 is 5.32 Å². The van der Waals surface area contributed by atoms with Crippen LogP contribution in [0.5, 0.6) is 0 Å². The Bertz CT molecular complexity index is 632. The van der Waals surface area contributed by atoms with Gasteiger partial charge in [0.1, 0.15) is 0 Å². The molecule has 2 aromatic rings. The molecule has 2 unspecified atom stereocenters. The zero-order valence-corrected chi connectivity index (χ0v) is 12.6. The Hall–Kier alpha value is -2.09. The number of hydrogen-bond donors (Lipinski definition) is 1. The molecule has 0 bridgehead atoms. The molecule has 2 heteroatoms. The molecule has 1 saturated heterocycles. The lowest BCUT2D eigenvalue weighted by Crippen LogP contribution is -2.37. The van der Waals surface area contributed by atoms with Crippen LogP contribution in [0.1, 0.15) is 32.3 Å². The predicted octanol–water partition coefficient (Wildman–Crippen LogP) is 3.91. The molecule has 21 heavy (non-hydrogen) atoms. The Balaban J connectivity index is 1.92. The molecule has 0 saturated carbocycles. The van der Waals surface area contributed by atoms with Crippen molar-refractivity contribution in [3.05, 3.63) is 60.2 Å². The van der Waals surface area contributed by atoms with E-state index < -0.39 is 0 Å². The quantitative estimate of drug-likeness (QED) is 0.906. The van der Waals surface area contributed by atoms with Crippen molar-refractivity contribution in [1.29, 1.82) is 0 Å². The summed E-state index contributed by atoms with van der Waals surface area (Å²) in [6.07, 6.45) is 1.54. The second kappa shape index (κ2) is 5.36. The first-order valence-electron chi connectivity index (χ1n) is 7.59. The molecule has 1 fully saturated rings. The Morgan fingerprint density at radius 2 is 1.67 bits per heavy atom. The summed E-state index contributed by atoms with van der Waals surface area (Å²) in [6.45, 7) is 4.32. The van der Waals surface area contributed by atoms with Crippen LogP contribution in [-0.2, 0) is 10.2 Å². The maximum atomic E-state index is 11.8. The molecular weight excluding hydrogens is 258 g/mol. The van der Waals surface area contributed by atoms with Gasteiger partial charge in [-0.25, -0.2) is 0 Å². The van der Waals surface area contributed by atoms with E-state index in [4.69, 9.17) is 0 Å². The number of benzene rings is 2. The van der Waals surface area contributed by atoms with Gasteiger partial charge in [0.05, 0.1) is 0 Å². The van der Waals surface area contributed by atoms with Gasteiger partial charge in [-0.05, 0) is 23.1 Å². The van der Waals surface area contributed by atoms with E-state index in [2.05, 4.69) is 67.7 Å². The standard InChI is InChI=1S/C19H21NO/c1-3-17-19(2,13-18(21)20-17)16-11-9-15(10-12-16)14-7-5-4-6-8-14/h4-12,17H,3,13H2,1-2H3,(H,20,21). The smallest absolute Gasteiger partial charge is 0.221 e. The lowest BCUT2D eigenvalue weighted by molar-refractivity contribution is -0.119. The molecule has 1 aliphatic heterocycles. The van der Waals surface area contributed by atoms with E-state index in [1.807, 2.05) is 6.07 Å². The van der Waals surface area contributed by atoms with Crippen molar-refractivity contribution < 1.29 is 4.79 Å². The molecule has 0 aliphatic carbocycles. The van der Waals surface area contributed by atoms with E-state index in [1.165, 1.54) is 16.7 Å². The van der Waals surface area contributed by atoms with Gasteiger partial charge >= 0.3 is 0 Å². The molecule has 2 aromatic carbocycles. The maximum Gasteiger partial charge on any atom is 0.221 e.